The summed E-state index contributed by atoms with van der Waals surface area (Å²) in [5.74, 6) is 1.31. The number of hydrogen-bond donors (Lipinski definition) is 0. The third-order valence-electron chi connectivity index (χ3n) is 6.14. The van der Waals surface area contributed by atoms with Crippen molar-refractivity contribution in [2.24, 2.45) is 0 Å². The third-order valence-corrected chi connectivity index (χ3v) is 6.46. The molecule has 2 heterocycles. The van der Waals surface area contributed by atoms with Crippen LogP contribution in [0.15, 0.2) is 36.4 Å². The number of rotatable bonds is 4. The highest BCUT2D eigenvalue weighted by Gasteiger charge is 2.34. The van der Waals surface area contributed by atoms with Gasteiger partial charge >= 0.3 is 0 Å². The van der Waals surface area contributed by atoms with Gasteiger partial charge in [-0.1, -0.05) is 23.7 Å². The van der Waals surface area contributed by atoms with Crippen molar-refractivity contribution in [3.8, 4) is 28.4 Å². The van der Waals surface area contributed by atoms with Crippen molar-refractivity contribution in [3.05, 3.63) is 58.2 Å². The lowest BCUT2D eigenvalue weighted by molar-refractivity contribution is 0.0717. The van der Waals surface area contributed by atoms with Crippen LogP contribution in [0.1, 0.15) is 40.9 Å². The van der Waals surface area contributed by atoms with Crippen LogP contribution in [0, 0.1) is 0 Å². The first-order valence-electron chi connectivity index (χ1n) is 10.5. The van der Waals surface area contributed by atoms with Crippen LogP contribution < -0.4 is 9.47 Å². The van der Waals surface area contributed by atoms with Gasteiger partial charge in [-0.05, 0) is 49.1 Å². The molecule has 1 aliphatic carbocycles. The number of likely N-dealkylation sites (tertiary alicyclic amines) is 1. The van der Waals surface area contributed by atoms with Gasteiger partial charge in [0.2, 0.25) is 0 Å². The Hall–Kier alpha value is -2.99. The molecule has 1 saturated heterocycles. The second-order valence-electron chi connectivity index (χ2n) is 7.93. The van der Waals surface area contributed by atoms with Crippen molar-refractivity contribution < 1.29 is 14.3 Å². The molecule has 0 atom stereocenters. The van der Waals surface area contributed by atoms with E-state index in [1.807, 2.05) is 46.0 Å². The minimum absolute atomic E-state index is 0.00603. The molecule has 0 radical (unpaired) electrons. The molecule has 2 aromatic carbocycles. The number of halogens is 1. The van der Waals surface area contributed by atoms with Crippen LogP contribution in [-0.2, 0) is 6.42 Å². The predicted octanol–water partition coefficient (Wildman–Crippen LogP) is 4.74. The number of methoxy groups -OCH3 is 2. The predicted molar refractivity (Wildman–Crippen MR) is 120 cm³/mol. The molecule has 0 spiro atoms. The Balaban J connectivity index is 1.70. The van der Waals surface area contributed by atoms with Crippen molar-refractivity contribution >= 4 is 17.5 Å². The summed E-state index contributed by atoms with van der Waals surface area (Å²) in [5, 5.41) is 5.39. The summed E-state index contributed by atoms with van der Waals surface area (Å²) in [6.45, 7) is 1.56. The Kier molecular flexibility index (Phi) is 5.10. The van der Waals surface area contributed by atoms with Crippen LogP contribution in [0.4, 0.5) is 0 Å². The van der Waals surface area contributed by atoms with Gasteiger partial charge in [-0.2, -0.15) is 5.10 Å². The monoisotopic (exact) mass is 437 g/mol. The Morgan fingerprint density at radius 1 is 1.03 bits per heavy atom. The van der Waals surface area contributed by atoms with E-state index < -0.39 is 0 Å². The number of para-hydroxylation sites is 1. The molecule has 5 rings (SSSR count). The van der Waals surface area contributed by atoms with Gasteiger partial charge in [-0.15, -0.1) is 0 Å². The quantitative estimate of drug-likeness (QED) is 0.462. The molecule has 1 aliphatic heterocycles. The van der Waals surface area contributed by atoms with Crippen LogP contribution in [-0.4, -0.2) is 47.9 Å². The molecule has 1 amide bonds. The molecular formula is C24H24ClN3O3. The van der Waals surface area contributed by atoms with Crippen LogP contribution in [0.5, 0.6) is 11.5 Å². The van der Waals surface area contributed by atoms with Crippen molar-refractivity contribution in [1.29, 1.82) is 0 Å². The number of benzene rings is 2. The van der Waals surface area contributed by atoms with Gasteiger partial charge in [0.05, 0.1) is 30.6 Å². The molecule has 0 saturated carbocycles. The largest absolute Gasteiger partial charge is 0.493 e. The number of amides is 1. The van der Waals surface area contributed by atoms with E-state index in [1.165, 1.54) is 6.42 Å². The number of carbonyl (C=O) groups excluding carboxylic acids is 1. The molecule has 3 aromatic rings. The van der Waals surface area contributed by atoms with Crippen molar-refractivity contribution in [1.82, 2.24) is 14.7 Å². The molecule has 0 N–H and O–H groups in total. The molecule has 6 nitrogen and oxygen atoms in total. The fourth-order valence-corrected chi connectivity index (χ4v) is 4.80. The van der Waals surface area contributed by atoms with E-state index in [-0.39, 0.29) is 5.91 Å². The number of nitrogens with zero attached hydrogens (tertiary/aromatic N) is 3. The molecule has 0 bridgehead atoms. The minimum atomic E-state index is -0.00603. The molecular weight excluding hydrogens is 414 g/mol. The second-order valence-corrected chi connectivity index (χ2v) is 8.34. The number of aromatic nitrogens is 2. The van der Waals surface area contributed by atoms with Crippen LogP contribution in [0.2, 0.25) is 5.02 Å². The van der Waals surface area contributed by atoms with E-state index in [0.29, 0.717) is 28.6 Å². The number of ether oxygens (including phenoxy) is 2. The van der Waals surface area contributed by atoms with Gasteiger partial charge in [-0.25, -0.2) is 4.68 Å². The maximum atomic E-state index is 13.5. The van der Waals surface area contributed by atoms with E-state index in [2.05, 4.69) is 0 Å². The molecule has 31 heavy (non-hydrogen) atoms. The van der Waals surface area contributed by atoms with Crippen LogP contribution >= 0.6 is 11.6 Å². The molecule has 1 aromatic heterocycles. The molecule has 7 heteroatoms. The summed E-state index contributed by atoms with van der Waals surface area (Å²) >= 11 is 6.53. The average molecular weight is 438 g/mol. The number of carbonyl (C=O) groups is 1. The van der Waals surface area contributed by atoms with Crippen molar-refractivity contribution in [2.75, 3.05) is 27.3 Å². The summed E-state index contributed by atoms with van der Waals surface area (Å²) in [4.78, 5) is 15.4. The van der Waals surface area contributed by atoms with E-state index in [9.17, 15) is 4.79 Å². The van der Waals surface area contributed by atoms with E-state index >= 15 is 0 Å². The Morgan fingerprint density at radius 3 is 2.45 bits per heavy atom. The summed E-state index contributed by atoms with van der Waals surface area (Å²) in [6, 6.07) is 11.5. The minimum Gasteiger partial charge on any atom is -0.493 e. The van der Waals surface area contributed by atoms with Gasteiger partial charge < -0.3 is 14.4 Å². The topological polar surface area (TPSA) is 56.6 Å². The highest BCUT2D eigenvalue weighted by molar-refractivity contribution is 6.32. The van der Waals surface area contributed by atoms with Crippen molar-refractivity contribution in [3.63, 3.8) is 0 Å². The maximum absolute atomic E-state index is 13.5. The highest BCUT2D eigenvalue weighted by Crippen LogP contribution is 2.45. The Bertz CT molecular complexity index is 1170. The number of fused-ring (bicyclic) bond motifs is 3. The first-order valence-corrected chi connectivity index (χ1v) is 10.9. The Labute approximate surface area is 186 Å². The summed E-state index contributed by atoms with van der Waals surface area (Å²) in [7, 11) is 3.25. The lowest BCUT2D eigenvalue weighted by Gasteiger charge is -2.26. The SMILES string of the molecule is COc1cc2c(cc1OC)-c1c(c(C(=O)N3CCCCC3)nn1-c1ccccc1Cl)C2. The van der Waals surface area contributed by atoms with Gasteiger partial charge in [0.1, 0.15) is 0 Å². The summed E-state index contributed by atoms with van der Waals surface area (Å²) < 4.78 is 12.9. The van der Waals surface area contributed by atoms with E-state index in [1.54, 1.807) is 14.2 Å². The van der Waals surface area contributed by atoms with Crippen LogP contribution in [0.3, 0.4) is 0 Å². The van der Waals surface area contributed by atoms with Gasteiger partial charge in [0.25, 0.3) is 5.91 Å². The lowest BCUT2D eigenvalue weighted by atomic mass is 10.1. The smallest absolute Gasteiger partial charge is 0.274 e. The third kappa shape index (κ3) is 3.26. The second kappa shape index (κ2) is 7.93. The Morgan fingerprint density at radius 2 is 1.74 bits per heavy atom. The number of piperidine rings is 1. The maximum Gasteiger partial charge on any atom is 0.274 e. The number of hydrogen-bond acceptors (Lipinski definition) is 4. The van der Waals surface area contributed by atoms with Crippen molar-refractivity contribution in [2.45, 2.75) is 25.7 Å². The fourth-order valence-electron chi connectivity index (χ4n) is 4.59. The zero-order valence-electron chi connectivity index (χ0n) is 17.7. The van der Waals surface area contributed by atoms with Gasteiger partial charge in [-0.3, -0.25) is 4.79 Å². The zero-order valence-corrected chi connectivity index (χ0v) is 18.4. The normalized spacial score (nSPS) is 14.9. The zero-order chi connectivity index (χ0) is 21.5. The summed E-state index contributed by atoms with van der Waals surface area (Å²) in [6.07, 6.45) is 3.85. The fraction of sp³-hybridized carbons (Fsp3) is 0.333. The van der Waals surface area contributed by atoms with Gasteiger partial charge in [0, 0.05) is 30.6 Å². The highest BCUT2D eigenvalue weighted by atomic mass is 35.5. The molecule has 160 valence electrons. The van der Waals surface area contributed by atoms with E-state index in [4.69, 9.17) is 26.2 Å². The average Bonchev–Trinajstić information content (AvgIpc) is 3.35. The van der Waals surface area contributed by atoms with Gasteiger partial charge in [0.15, 0.2) is 17.2 Å². The van der Waals surface area contributed by atoms with Crippen LogP contribution in [0.25, 0.3) is 16.9 Å². The first kappa shape index (κ1) is 19.9. The molecule has 2 aliphatic rings. The molecule has 1 fully saturated rings. The molecule has 0 unspecified atom stereocenters. The summed E-state index contributed by atoms with van der Waals surface area (Å²) in [5.41, 5.74) is 5.15. The standard InChI is InChI=1S/C24H24ClN3O3/c1-30-20-13-15-12-17-22(24(29)27-10-6-3-7-11-27)26-28(19-9-5-4-8-18(19)25)23(17)16(15)14-21(20)31-2/h4-5,8-9,13-14H,3,6-7,10-12H2,1-2H3. The van der Waals surface area contributed by atoms with E-state index in [0.717, 1.165) is 54.0 Å². The lowest BCUT2D eigenvalue weighted by Crippen LogP contribution is -2.36. The first-order chi connectivity index (χ1) is 15.1.